The summed E-state index contributed by atoms with van der Waals surface area (Å²) in [5, 5.41) is 9.91. The van der Waals surface area contributed by atoms with Crippen molar-refractivity contribution in [3.63, 3.8) is 0 Å². The molecule has 0 aliphatic rings. The van der Waals surface area contributed by atoms with Crippen LogP contribution in [0.3, 0.4) is 0 Å². The lowest BCUT2D eigenvalue weighted by Crippen LogP contribution is -2.35. The Morgan fingerprint density at radius 2 is 1.95 bits per heavy atom. The molecule has 0 unspecified atom stereocenters. The molecule has 0 radical (unpaired) electrons. The summed E-state index contributed by atoms with van der Waals surface area (Å²) in [7, 11) is 2.00. The number of rotatable bonds is 7. The Bertz CT molecular complexity index is 579. The van der Waals surface area contributed by atoms with Crippen LogP contribution in [0.1, 0.15) is 25.0 Å². The molecule has 2 aromatic rings. The summed E-state index contributed by atoms with van der Waals surface area (Å²) < 4.78 is 5.93. The number of nitrogens with zero attached hydrogens (tertiary/aromatic N) is 2. The highest BCUT2D eigenvalue weighted by molar-refractivity contribution is 5.33. The van der Waals surface area contributed by atoms with Gasteiger partial charge in [-0.15, -0.1) is 0 Å². The van der Waals surface area contributed by atoms with E-state index in [0.717, 1.165) is 23.4 Å². The molecule has 1 heterocycles. The third-order valence-corrected chi connectivity index (χ3v) is 3.19. The predicted molar refractivity (Wildman–Crippen MR) is 87.6 cm³/mol. The molecular formula is C18H24N2O2. The molecule has 22 heavy (non-hydrogen) atoms. The molecule has 0 amide bonds. The number of aliphatic hydroxyl groups is 1. The number of hydrogen-bond donors (Lipinski definition) is 1. The second-order valence-electron chi connectivity index (χ2n) is 6.24. The van der Waals surface area contributed by atoms with E-state index in [2.05, 4.69) is 16.0 Å². The monoisotopic (exact) mass is 300 g/mol. The topological polar surface area (TPSA) is 45.6 Å². The molecule has 0 spiro atoms. The van der Waals surface area contributed by atoms with Crippen molar-refractivity contribution in [2.24, 2.45) is 0 Å². The lowest BCUT2D eigenvalue weighted by Gasteiger charge is -2.26. The van der Waals surface area contributed by atoms with Crippen molar-refractivity contribution in [3.8, 4) is 5.75 Å². The van der Waals surface area contributed by atoms with Gasteiger partial charge in [0.15, 0.2) is 0 Å². The van der Waals surface area contributed by atoms with Gasteiger partial charge in [-0.25, -0.2) is 0 Å². The van der Waals surface area contributed by atoms with Crippen molar-refractivity contribution < 1.29 is 9.84 Å². The molecule has 0 aliphatic carbocycles. The van der Waals surface area contributed by atoms with Gasteiger partial charge in [-0.05, 0) is 33.0 Å². The minimum absolute atomic E-state index is 0.500. The maximum Gasteiger partial charge on any atom is 0.124 e. The average Bonchev–Trinajstić information content (AvgIpc) is 2.45. The standard InChI is InChI=1S/C18H24N2O2/c1-18(2,21)14-20(3)12-16-8-4-5-9-17(16)22-13-15-7-6-10-19-11-15/h4-11,21H,12-14H2,1-3H3. The third-order valence-electron chi connectivity index (χ3n) is 3.19. The van der Waals surface area contributed by atoms with E-state index < -0.39 is 5.60 Å². The summed E-state index contributed by atoms with van der Waals surface area (Å²) >= 11 is 0. The maximum absolute atomic E-state index is 9.91. The fraction of sp³-hybridized carbons (Fsp3) is 0.389. The summed E-state index contributed by atoms with van der Waals surface area (Å²) in [6, 6.07) is 11.9. The first-order valence-corrected chi connectivity index (χ1v) is 7.44. The summed E-state index contributed by atoms with van der Waals surface area (Å²) in [4.78, 5) is 6.18. The summed E-state index contributed by atoms with van der Waals surface area (Å²) in [5.74, 6) is 0.869. The third kappa shape index (κ3) is 5.47. The number of likely N-dealkylation sites (N-methyl/N-ethyl adjacent to an activating group) is 1. The van der Waals surface area contributed by atoms with E-state index in [9.17, 15) is 5.11 Å². The average molecular weight is 300 g/mol. The number of benzene rings is 1. The molecule has 2 rings (SSSR count). The molecule has 1 aromatic carbocycles. The van der Waals surface area contributed by atoms with Gasteiger partial charge in [-0.3, -0.25) is 9.88 Å². The zero-order valence-corrected chi connectivity index (χ0v) is 13.5. The quantitative estimate of drug-likeness (QED) is 0.854. The highest BCUT2D eigenvalue weighted by atomic mass is 16.5. The van der Waals surface area contributed by atoms with Crippen LogP contribution < -0.4 is 4.74 Å². The van der Waals surface area contributed by atoms with E-state index >= 15 is 0 Å². The molecule has 1 N–H and O–H groups in total. The fourth-order valence-electron chi connectivity index (χ4n) is 2.43. The molecule has 0 fully saturated rings. The molecule has 0 bridgehead atoms. The van der Waals surface area contributed by atoms with Crippen LogP contribution >= 0.6 is 0 Å². The summed E-state index contributed by atoms with van der Waals surface area (Å²) in [6.07, 6.45) is 3.56. The summed E-state index contributed by atoms with van der Waals surface area (Å²) in [5.41, 5.74) is 1.44. The minimum atomic E-state index is -0.708. The summed E-state index contributed by atoms with van der Waals surface area (Å²) in [6.45, 7) is 5.46. The van der Waals surface area contributed by atoms with Crippen molar-refractivity contribution >= 4 is 0 Å². The predicted octanol–water partition coefficient (Wildman–Crippen LogP) is 2.86. The number of para-hydroxylation sites is 1. The number of hydrogen-bond acceptors (Lipinski definition) is 4. The zero-order valence-electron chi connectivity index (χ0n) is 13.5. The molecule has 0 aliphatic heterocycles. The number of aromatic nitrogens is 1. The molecule has 0 saturated carbocycles. The highest BCUT2D eigenvalue weighted by Crippen LogP contribution is 2.21. The van der Waals surface area contributed by atoms with Gasteiger partial charge >= 0.3 is 0 Å². The Balaban J connectivity index is 2.00. The number of pyridine rings is 1. The second-order valence-corrected chi connectivity index (χ2v) is 6.24. The molecule has 1 aromatic heterocycles. The van der Waals surface area contributed by atoms with E-state index in [0.29, 0.717) is 13.2 Å². The molecular weight excluding hydrogens is 276 g/mol. The molecule has 118 valence electrons. The van der Waals surface area contributed by atoms with Crippen LogP contribution in [0.5, 0.6) is 5.75 Å². The first kappa shape index (κ1) is 16.5. The lowest BCUT2D eigenvalue weighted by molar-refractivity contribution is 0.0422. The van der Waals surface area contributed by atoms with E-state index in [-0.39, 0.29) is 0 Å². The second kappa shape index (κ2) is 7.38. The van der Waals surface area contributed by atoms with Crippen LogP contribution in [-0.4, -0.2) is 34.2 Å². The fourth-order valence-corrected chi connectivity index (χ4v) is 2.43. The van der Waals surface area contributed by atoms with Crippen LogP contribution in [0.25, 0.3) is 0 Å². The smallest absolute Gasteiger partial charge is 0.124 e. The highest BCUT2D eigenvalue weighted by Gasteiger charge is 2.16. The van der Waals surface area contributed by atoms with Crippen molar-refractivity contribution in [2.75, 3.05) is 13.6 Å². The van der Waals surface area contributed by atoms with Crippen molar-refractivity contribution in [1.82, 2.24) is 9.88 Å². The van der Waals surface area contributed by atoms with Gasteiger partial charge < -0.3 is 9.84 Å². The normalized spacial score (nSPS) is 11.7. The molecule has 4 heteroatoms. The Morgan fingerprint density at radius 1 is 1.18 bits per heavy atom. The van der Waals surface area contributed by atoms with Crippen molar-refractivity contribution in [2.45, 2.75) is 32.6 Å². The van der Waals surface area contributed by atoms with Crippen molar-refractivity contribution in [3.05, 3.63) is 59.9 Å². The van der Waals surface area contributed by atoms with Gasteiger partial charge in [-0.1, -0.05) is 24.3 Å². The maximum atomic E-state index is 9.91. The van der Waals surface area contributed by atoms with Gasteiger partial charge in [0.1, 0.15) is 12.4 Å². The van der Waals surface area contributed by atoms with E-state index in [1.54, 1.807) is 6.20 Å². The van der Waals surface area contributed by atoms with E-state index in [4.69, 9.17) is 4.74 Å². The van der Waals surface area contributed by atoms with Gasteiger partial charge in [0, 0.05) is 36.6 Å². The van der Waals surface area contributed by atoms with Crippen LogP contribution in [0.15, 0.2) is 48.8 Å². The first-order chi connectivity index (χ1) is 10.4. The van der Waals surface area contributed by atoms with Crippen LogP contribution in [0, 0.1) is 0 Å². The zero-order chi connectivity index (χ0) is 16.0. The van der Waals surface area contributed by atoms with Crippen LogP contribution in [0.4, 0.5) is 0 Å². The van der Waals surface area contributed by atoms with Gasteiger partial charge in [0.05, 0.1) is 5.60 Å². The molecule has 0 atom stereocenters. The van der Waals surface area contributed by atoms with Crippen LogP contribution in [-0.2, 0) is 13.2 Å². The van der Waals surface area contributed by atoms with Gasteiger partial charge in [0.2, 0.25) is 0 Å². The first-order valence-electron chi connectivity index (χ1n) is 7.44. The minimum Gasteiger partial charge on any atom is -0.489 e. The SMILES string of the molecule is CN(Cc1ccccc1OCc1cccnc1)CC(C)(C)O. The Labute approximate surface area is 132 Å². The largest absolute Gasteiger partial charge is 0.489 e. The van der Waals surface area contributed by atoms with Crippen molar-refractivity contribution in [1.29, 1.82) is 0 Å². The van der Waals surface area contributed by atoms with E-state index in [1.165, 1.54) is 0 Å². The Morgan fingerprint density at radius 3 is 2.64 bits per heavy atom. The van der Waals surface area contributed by atoms with E-state index in [1.807, 2.05) is 57.4 Å². The number of ether oxygens (including phenoxy) is 1. The van der Waals surface area contributed by atoms with Gasteiger partial charge in [-0.2, -0.15) is 0 Å². The van der Waals surface area contributed by atoms with Gasteiger partial charge in [0.25, 0.3) is 0 Å². The van der Waals surface area contributed by atoms with Crippen LogP contribution in [0.2, 0.25) is 0 Å². The molecule has 0 saturated heterocycles. The Hall–Kier alpha value is -1.91. The lowest BCUT2D eigenvalue weighted by atomic mass is 10.1. The Kier molecular flexibility index (Phi) is 5.52. The molecule has 4 nitrogen and oxygen atoms in total.